The van der Waals surface area contributed by atoms with E-state index in [4.69, 9.17) is 5.73 Å². The lowest BCUT2D eigenvalue weighted by molar-refractivity contribution is -0.0958. The molecule has 1 aliphatic heterocycles. The van der Waals surface area contributed by atoms with Crippen LogP contribution in [0.4, 0.5) is 0 Å². The van der Waals surface area contributed by atoms with E-state index in [1.165, 1.54) is 0 Å². The third-order valence-electron chi connectivity index (χ3n) is 3.97. The zero-order chi connectivity index (χ0) is 13.6. The number of amides is 2. The van der Waals surface area contributed by atoms with Gasteiger partial charge in [0.1, 0.15) is 5.60 Å². The molecule has 2 fully saturated rings. The monoisotopic (exact) mass is 260 g/mol. The summed E-state index contributed by atoms with van der Waals surface area (Å²) in [7, 11) is 0. The summed E-state index contributed by atoms with van der Waals surface area (Å²) in [6.45, 7) is 0.822. The first-order valence-corrected chi connectivity index (χ1v) is 6.41. The highest BCUT2D eigenvalue weighted by atomic mass is 16.3. The molecule has 100 valence electrons. The average molecular weight is 260 g/mol. The molecule has 0 aromatic heterocycles. The molecule has 5 nitrogen and oxygen atoms in total. The van der Waals surface area contributed by atoms with Crippen LogP contribution < -0.4 is 5.73 Å². The number of hydrogen-bond donors (Lipinski definition) is 2. The SMILES string of the molecule is NC(=O)c1ccc(C(=O)N2CC(O)(C3CC3)C2)cc1. The molecule has 2 amide bonds. The molecule has 19 heavy (non-hydrogen) atoms. The van der Waals surface area contributed by atoms with E-state index in [1.54, 1.807) is 29.2 Å². The smallest absolute Gasteiger partial charge is 0.254 e. The minimum absolute atomic E-state index is 0.110. The number of primary amides is 1. The Labute approximate surface area is 111 Å². The van der Waals surface area contributed by atoms with Crippen LogP contribution in [0.1, 0.15) is 33.6 Å². The lowest BCUT2D eigenvalue weighted by atomic mass is 9.88. The minimum atomic E-state index is -0.664. The molecular formula is C14H16N2O3. The van der Waals surface area contributed by atoms with Gasteiger partial charge in [0, 0.05) is 11.1 Å². The molecule has 0 unspecified atom stereocenters. The van der Waals surface area contributed by atoms with E-state index in [2.05, 4.69) is 0 Å². The van der Waals surface area contributed by atoms with Crippen molar-refractivity contribution in [2.45, 2.75) is 18.4 Å². The Hall–Kier alpha value is -1.88. The molecule has 0 radical (unpaired) electrons. The maximum Gasteiger partial charge on any atom is 0.254 e. The number of nitrogens with zero attached hydrogens (tertiary/aromatic N) is 1. The van der Waals surface area contributed by atoms with Crippen molar-refractivity contribution in [3.63, 3.8) is 0 Å². The summed E-state index contributed by atoms with van der Waals surface area (Å²) < 4.78 is 0. The van der Waals surface area contributed by atoms with E-state index in [9.17, 15) is 14.7 Å². The van der Waals surface area contributed by atoms with E-state index in [0.29, 0.717) is 30.1 Å². The molecule has 0 atom stereocenters. The Morgan fingerprint density at radius 1 is 1.16 bits per heavy atom. The third kappa shape index (κ3) is 2.10. The summed E-state index contributed by atoms with van der Waals surface area (Å²) in [6.07, 6.45) is 2.12. The van der Waals surface area contributed by atoms with E-state index in [1.807, 2.05) is 0 Å². The van der Waals surface area contributed by atoms with Gasteiger partial charge in [0.2, 0.25) is 5.91 Å². The Bertz CT molecular complexity index is 528. The number of likely N-dealkylation sites (tertiary alicyclic amines) is 1. The second-order valence-electron chi connectivity index (χ2n) is 5.48. The quantitative estimate of drug-likeness (QED) is 0.824. The second kappa shape index (κ2) is 4.06. The van der Waals surface area contributed by atoms with Gasteiger partial charge in [0.25, 0.3) is 5.91 Å². The van der Waals surface area contributed by atoms with Crippen LogP contribution in [0.2, 0.25) is 0 Å². The highest BCUT2D eigenvalue weighted by Crippen LogP contribution is 2.44. The summed E-state index contributed by atoms with van der Waals surface area (Å²) in [5.74, 6) is -0.249. The number of aliphatic hydroxyl groups is 1. The molecule has 1 aromatic rings. The van der Waals surface area contributed by atoms with Crippen molar-refractivity contribution in [2.75, 3.05) is 13.1 Å². The number of carbonyl (C=O) groups excluding carboxylic acids is 2. The zero-order valence-electron chi connectivity index (χ0n) is 10.5. The van der Waals surface area contributed by atoms with Crippen LogP contribution in [-0.4, -0.2) is 40.5 Å². The lowest BCUT2D eigenvalue weighted by Crippen LogP contribution is -2.64. The van der Waals surface area contributed by atoms with Crippen molar-refractivity contribution >= 4 is 11.8 Å². The second-order valence-corrected chi connectivity index (χ2v) is 5.48. The fourth-order valence-electron chi connectivity index (χ4n) is 2.60. The number of nitrogens with two attached hydrogens (primary N) is 1. The molecule has 1 saturated carbocycles. The molecule has 0 bridgehead atoms. The fraction of sp³-hybridized carbons (Fsp3) is 0.429. The van der Waals surface area contributed by atoms with Crippen molar-refractivity contribution in [3.05, 3.63) is 35.4 Å². The standard InChI is InChI=1S/C14H16N2O3/c15-12(17)9-1-3-10(4-2-9)13(18)16-7-14(19,8-16)11-5-6-11/h1-4,11,19H,5-8H2,(H2,15,17). The zero-order valence-corrected chi connectivity index (χ0v) is 10.5. The van der Waals surface area contributed by atoms with Gasteiger partial charge >= 0.3 is 0 Å². The van der Waals surface area contributed by atoms with Crippen LogP contribution in [0.15, 0.2) is 24.3 Å². The van der Waals surface area contributed by atoms with E-state index >= 15 is 0 Å². The molecule has 3 rings (SSSR count). The number of hydrogen-bond acceptors (Lipinski definition) is 3. The van der Waals surface area contributed by atoms with Crippen LogP contribution in [0.25, 0.3) is 0 Å². The molecule has 5 heteroatoms. The van der Waals surface area contributed by atoms with Crippen LogP contribution in [0.3, 0.4) is 0 Å². The number of benzene rings is 1. The molecule has 1 aliphatic carbocycles. The van der Waals surface area contributed by atoms with E-state index in [0.717, 1.165) is 12.8 Å². The van der Waals surface area contributed by atoms with Crippen LogP contribution in [-0.2, 0) is 0 Å². The molecule has 1 heterocycles. The Morgan fingerprint density at radius 3 is 2.16 bits per heavy atom. The Balaban J connectivity index is 1.66. The van der Waals surface area contributed by atoms with Crippen LogP contribution in [0.5, 0.6) is 0 Å². The number of β-amino-alcohol motifs (C(OH)–C–C–N with tert-alkyl or cyclic N) is 1. The molecular weight excluding hydrogens is 244 g/mol. The van der Waals surface area contributed by atoms with Gasteiger partial charge in [-0.2, -0.15) is 0 Å². The normalized spacial score (nSPS) is 20.8. The highest BCUT2D eigenvalue weighted by Gasteiger charge is 2.53. The fourth-order valence-corrected chi connectivity index (χ4v) is 2.60. The summed E-state index contributed by atoms with van der Waals surface area (Å²) in [5.41, 5.74) is 5.38. The van der Waals surface area contributed by atoms with Crippen LogP contribution in [0, 0.1) is 5.92 Å². The molecule has 2 aliphatic rings. The van der Waals surface area contributed by atoms with Gasteiger partial charge in [-0.25, -0.2) is 0 Å². The molecule has 3 N–H and O–H groups in total. The Morgan fingerprint density at radius 2 is 1.68 bits per heavy atom. The van der Waals surface area contributed by atoms with E-state index in [-0.39, 0.29) is 5.91 Å². The summed E-state index contributed by atoms with van der Waals surface area (Å²) >= 11 is 0. The summed E-state index contributed by atoms with van der Waals surface area (Å²) in [4.78, 5) is 24.7. The van der Waals surface area contributed by atoms with Crippen molar-refractivity contribution in [1.82, 2.24) is 4.90 Å². The first-order valence-electron chi connectivity index (χ1n) is 6.41. The van der Waals surface area contributed by atoms with Gasteiger partial charge in [0.15, 0.2) is 0 Å². The predicted molar refractivity (Wildman–Crippen MR) is 68.5 cm³/mol. The summed E-state index contributed by atoms with van der Waals surface area (Å²) in [6, 6.07) is 6.28. The highest BCUT2D eigenvalue weighted by molar-refractivity contribution is 5.97. The average Bonchev–Trinajstić information content (AvgIpc) is 3.18. The van der Waals surface area contributed by atoms with Crippen molar-refractivity contribution < 1.29 is 14.7 Å². The van der Waals surface area contributed by atoms with Gasteiger partial charge in [-0.05, 0) is 43.0 Å². The maximum absolute atomic E-state index is 12.1. The summed E-state index contributed by atoms with van der Waals surface area (Å²) in [5, 5.41) is 10.2. The maximum atomic E-state index is 12.1. The van der Waals surface area contributed by atoms with Gasteiger partial charge in [-0.15, -0.1) is 0 Å². The van der Waals surface area contributed by atoms with Crippen molar-refractivity contribution in [1.29, 1.82) is 0 Å². The first kappa shape index (κ1) is 12.2. The predicted octanol–water partition coefficient (Wildman–Crippen LogP) is 0.382. The van der Waals surface area contributed by atoms with E-state index < -0.39 is 11.5 Å². The topological polar surface area (TPSA) is 83.6 Å². The van der Waals surface area contributed by atoms with Gasteiger partial charge in [-0.3, -0.25) is 9.59 Å². The number of rotatable bonds is 3. The van der Waals surface area contributed by atoms with Crippen molar-refractivity contribution in [3.8, 4) is 0 Å². The van der Waals surface area contributed by atoms with Gasteiger partial charge < -0.3 is 15.7 Å². The molecule has 0 spiro atoms. The largest absolute Gasteiger partial charge is 0.386 e. The van der Waals surface area contributed by atoms with Gasteiger partial charge in [-0.1, -0.05) is 0 Å². The first-order chi connectivity index (χ1) is 8.99. The third-order valence-corrected chi connectivity index (χ3v) is 3.97. The minimum Gasteiger partial charge on any atom is -0.386 e. The lowest BCUT2D eigenvalue weighted by Gasteiger charge is -2.47. The van der Waals surface area contributed by atoms with Gasteiger partial charge in [0.05, 0.1) is 13.1 Å². The van der Waals surface area contributed by atoms with Crippen molar-refractivity contribution in [2.24, 2.45) is 11.7 Å². The van der Waals surface area contributed by atoms with Crippen LogP contribution >= 0.6 is 0 Å². The number of carbonyl (C=O) groups is 2. The Kier molecular flexibility index (Phi) is 2.60. The molecule has 1 saturated heterocycles. The molecule has 1 aromatic carbocycles.